The van der Waals surface area contributed by atoms with E-state index in [4.69, 9.17) is 0 Å². The number of nitrogens with zero attached hydrogens (tertiary/aromatic N) is 2. The number of aryl methyl sites for hydroxylation is 2. The van der Waals surface area contributed by atoms with E-state index in [1.54, 1.807) is 5.56 Å². The van der Waals surface area contributed by atoms with Crippen LogP contribution in [0.5, 0.6) is 0 Å². The summed E-state index contributed by atoms with van der Waals surface area (Å²) in [6.45, 7) is 7.77. The van der Waals surface area contributed by atoms with Crippen molar-refractivity contribution in [2.75, 3.05) is 11.4 Å². The second-order valence-corrected chi connectivity index (χ2v) is 8.63. The second kappa shape index (κ2) is 6.09. The highest BCUT2D eigenvalue weighted by molar-refractivity contribution is 5.64. The molecule has 3 heteroatoms. The molecular formula is C23H29N3. The first kappa shape index (κ1) is 16.3. The van der Waals surface area contributed by atoms with Gasteiger partial charge in [-0.1, -0.05) is 23.8 Å². The third-order valence-electron chi connectivity index (χ3n) is 7.00. The summed E-state index contributed by atoms with van der Waals surface area (Å²) in [4.78, 5) is 7.20. The molecule has 6 rings (SSSR count). The minimum atomic E-state index is 0.625. The molecule has 1 aromatic heterocycles. The summed E-state index contributed by atoms with van der Waals surface area (Å²) in [5.74, 6) is 1.48. The fourth-order valence-electron chi connectivity index (χ4n) is 5.78. The van der Waals surface area contributed by atoms with Crippen molar-refractivity contribution in [1.82, 2.24) is 10.3 Å². The van der Waals surface area contributed by atoms with E-state index in [1.165, 1.54) is 29.7 Å². The number of anilines is 1. The van der Waals surface area contributed by atoms with Gasteiger partial charge in [0, 0.05) is 42.1 Å². The fraction of sp³-hybridized carbons (Fsp3) is 0.522. The molecule has 4 heterocycles. The summed E-state index contributed by atoms with van der Waals surface area (Å²) in [6, 6.07) is 13.4. The highest BCUT2D eigenvalue weighted by Crippen LogP contribution is 2.54. The van der Waals surface area contributed by atoms with Crippen LogP contribution < -0.4 is 10.2 Å². The molecule has 4 aliphatic rings. The maximum absolute atomic E-state index is 4.48. The lowest BCUT2D eigenvalue weighted by atomic mass is 9.65. The smallest absolute Gasteiger partial charge is 0.0515 e. The third kappa shape index (κ3) is 2.48. The van der Waals surface area contributed by atoms with E-state index in [1.807, 2.05) is 6.20 Å². The third-order valence-corrected chi connectivity index (χ3v) is 7.00. The predicted octanol–water partition coefficient (Wildman–Crippen LogP) is 3.98. The van der Waals surface area contributed by atoms with Crippen molar-refractivity contribution in [3.05, 3.63) is 58.9 Å². The number of nitrogens with one attached hydrogen (secondary N) is 1. The SMILES string of the molecule is Cc1ccc2c(c1)[C@@H]1[C@@H]([C@H]3CC[C@H]1C(C)N3)N2CCc1ccc(C)nc1. The first-order chi connectivity index (χ1) is 12.6. The Kier molecular flexibility index (Phi) is 3.82. The molecule has 136 valence electrons. The summed E-state index contributed by atoms with van der Waals surface area (Å²) in [5, 5.41) is 3.92. The largest absolute Gasteiger partial charge is 0.366 e. The van der Waals surface area contributed by atoms with Gasteiger partial charge in [0.25, 0.3) is 0 Å². The zero-order chi connectivity index (χ0) is 17.8. The van der Waals surface area contributed by atoms with Crippen LogP contribution in [0, 0.1) is 19.8 Å². The van der Waals surface area contributed by atoms with Crippen LogP contribution in [0.15, 0.2) is 36.5 Å². The number of benzene rings is 1. The molecule has 2 aromatic rings. The highest BCUT2D eigenvalue weighted by atomic mass is 15.2. The normalized spacial score (nSPS) is 31.8. The van der Waals surface area contributed by atoms with Crippen LogP contribution in [0.2, 0.25) is 0 Å². The molecule has 26 heavy (non-hydrogen) atoms. The standard InChI is InChI=1S/C23H29N3/c1-14-4-9-21-19(12-14)22-18-7-8-20(25-16(18)3)23(22)26(21)11-10-17-6-5-15(2)24-13-17/h4-6,9,12-13,16,18,20,22-23,25H,7-8,10-11H2,1-3H3/t16?,18-,20+,22+,23+/m0/s1. The van der Waals surface area contributed by atoms with Gasteiger partial charge in [-0.3, -0.25) is 4.98 Å². The Bertz CT molecular complexity index is 813. The topological polar surface area (TPSA) is 28.2 Å². The van der Waals surface area contributed by atoms with Crippen LogP contribution in [0.1, 0.15) is 48.1 Å². The van der Waals surface area contributed by atoms with E-state index >= 15 is 0 Å². The van der Waals surface area contributed by atoms with Crippen molar-refractivity contribution >= 4 is 5.69 Å². The molecule has 0 amide bonds. The van der Waals surface area contributed by atoms with E-state index in [0.29, 0.717) is 24.0 Å². The molecule has 3 aliphatic heterocycles. The Morgan fingerprint density at radius 3 is 2.81 bits per heavy atom. The fourth-order valence-corrected chi connectivity index (χ4v) is 5.78. The molecule has 1 saturated carbocycles. The number of rotatable bonds is 3. The average Bonchev–Trinajstić information content (AvgIpc) is 2.97. The van der Waals surface area contributed by atoms with Crippen molar-refractivity contribution in [2.24, 2.45) is 5.92 Å². The number of piperidine rings is 2. The van der Waals surface area contributed by atoms with Gasteiger partial charge in [-0.15, -0.1) is 0 Å². The number of aromatic nitrogens is 1. The van der Waals surface area contributed by atoms with Gasteiger partial charge in [0.2, 0.25) is 0 Å². The molecule has 1 N–H and O–H groups in total. The summed E-state index contributed by atoms with van der Waals surface area (Å²) in [6.07, 6.45) is 5.82. The van der Waals surface area contributed by atoms with E-state index in [9.17, 15) is 0 Å². The van der Waals surface area contributed by atoms with Crippen molar-refractivity contribution in [3.63, 3.8) is 0 Å². The molecular weight excluding hydrogens is 318 g/mol. The minimum Gasteiger partial charge on any atom is -0.366 e. The lowest BCUT2D eigenvalue weighted by molar-refractivity contribution is 0.111. The van der Waals surface area contributed by atoms with Gasteiger partial charge in [0.1, 0.15) is 0 Å². The van der Waals surface area contributed by atoms with Crippen LogP contribution in [-0.2, 0) is 6.42 Å². The number of hydrogen-bond acceptors (Lipinski definition) is 3. The minimum absolute atomic E-state index is 0.625. The van der Waals surface area contributed by atoms with Gasteiger partial charge in [-0.05, 0) is 69.2 Å². The van der Waals surface area contributed by atoms with Crippen LogP contribution >= 0.6 is 0 Å². The second-order valence-electron chi connectivity index (χ2n) is 8.63. The average molecular weight is 348 g/mol. The van der Waals surface area contributed by atoms with E-state index in [0.717, 1.165) is 24.6 Å². The molecule has 5 atom stereocenters. The Morgan fingerprint density at radius 2 is 2.04 bits per heavy atom. The van der Waals surface area contributed by atoms with E-state index < -0.39 is 0 Å². The molecule has 1 aliphatic carbocycles. The van der Waals surface area contributed by atoms with Crippen LogP contribution in [0.3, 0.4) is 0 Å². The van der Waals surface area contributed by atoms with Gasteiger partial charge in [-0.25, -0.2) is 0 Å². The lowest BCUT2D eigenvalue weighted by Crippen LogP contribution is -2.64. The Morgan fingerprint density at radius 1 is 1.15 bits per heavy atom. The number of fused-ring (bicyclic) bond motifs is 3. The highest BCUT2D eigenvalue weighted by Gasteiger charge is 2.53. The Hall–Kier alpha value is -1.87. The lowest BCUT2D eigenvalue weighted by Gasteiger charge is -2.52. The van der Waals surface area contributed by atoms with Gasteiger partial charge >= 0.3 is 0 Å². The van der Waals surface area contributed by atoms with Gasteiger partial charge in [-0.2, -0.15) is 0 Å². The number of pyridine rings is 1. The van der Waals surface area contributed by atoms with Crippen LogP contribution in [0.4, 0.5) is 5.69 Å². The van der Waals surface area contributed by atoms with Crippen molar-refractivity contribution in [2.45, 2.75) is 64.1 Å². The Balaban J connectivity index is 1.48. The molecule has 2 saturated heterocycles. The number of hydrogen-bond donors (Lipinski definition) is 1. The summed E-state index contributed by atoms with van der Waals surface area (Å²) < 4.78 is 0. The van der Waals surface area contributed by atoms with Crippen molar-refractivity contribution in [1.29, 1.82) is 0 Å². The van der Waals surface area contributed by atoms with E-state index in [2.05, 4.69) is 66.3 Å². The van der Waals surface area contributed by atoms with Gasteiger partial charge in [0.05, 0.1) is 6.04 Å². The first-order valence-electron chi connectivity index (χ1n) is 10.2. The van der Waals surface area contributed by atoms with E-state index in [-0.39, 0.29) is 0 Å². The van der Waals surface area contributed by atoms with Crippen molar-refractivity contribution < 1.29 is 0 Å². The molecule has 1 unspecified atom stereocenters. The van der Waals surface area contributed by atoms with Crippen molar-refractivity contribution in [3.8, 4) is 0 Å². The van der Waals surface area contributed by atoms with Crippen LogP contribution in [-0.4, -0.2) is 29.7 Å². The first-order valence-corrected chi connectivity index (χ1v) is 10.2. The maximum Gasteiger partial charge on any atom is 0.0515 e. The van der Waals surface area contributed by atoms with Gasteiger partial charge < -0.3 is 10.2 Å². The zero-order valence-corrected chi connectivity index (χ0v) is 16.1. The summed E-state index contributed by atoms with van der Waals surface area (Å²) in [7, 11) is 0. The molecule has 1 aromatic carbocycles. The quantitative estimate of drug-likeness (QED) is 0.910. The molecule has 0 spiro atoms. The Labute approximate surface area is 156 Å². The predicted molar refractivity (Wildman–Crippen MR) is 107 cm³/mol. The zero-order valence-electron chi connectivity index (χ0n) is 16.1. The molecule has 3 nitrogen and oxygen atoms in total. The van der Waals surface area contributed by atoms with Crippen LogP contribution in [0.25, 0.3) is 0 Å². The molecule has 3 fully saturated rings. The summed E-state index contributed by atoms with van der Waals surface area (Å²) >= 11 is 0. The monoisotopic (exact) mass is 347 g/mol. The van der Waals surface area contributed by atoms with Gasteiger partial charge in [0.15, 0.2) is 0 Å². The maximum atomic E-state index is 4.48. The molecule has 0 radical (unpaired) electrons. The molecule has 2 bridgehead atoms. The summed E-state index contributed by atoms with van der Waals surface area (Å²) in [5.41, 5.74) is 6.93.